The molecule has 0 saturated heterocycles. The molecule has 7 nitrogen and oxygen atoms in total. The first-order valence-corrected chi connectivity index (χ1v) is 12.1. The number of fused-ring (bicyclic) bond motifs is 1. The number of hydrogen-bond donors (Lipinski definition) is 1. The van der Waals surface area contributed by atoms with Gasteiger partial charge in [0.25, 0.3) is 0 Å². The maximum Gasteiger partial charge on any atom is 0.404 e. The monoisotopic (exact) mass is 532 g/mol. The number of benzene rings is 1. The van der Waals surface area contributed by atoms with E-state index in [4.69, 9.17) is 0 Å². The highest BCUT2D eigenvalue weighted by molar-refractivity contribution is 7.89. The Morgan fingerprint density at radius 3 is 2.50 bits per heavy atom. The minimum Gasteiger partial charge on any atom is -0.432 e. The fraction of sp³-hybridized carbons (Fsp3) is 0.364. The minimum absolute atomic E-state index is 0.0277. The van der Waals surface area contributed by atoms with Crippen molar-refractivity contribution in [1.29, 1.82) is 5.26 Å². The van der Waals surface area contributed by atoms with Crippen molar-refractivity contribution in [2.24, 2.45) is 5.92 Å². The third-order valence-corrected chi connectivity index (χ3v) is 7.22. The first-order valence-electron chi connectivity index (χ1n) is 10.6. The van der Waals surface area contributed by atoms with Gasteiger partial charge in [-0.25, -0.2) is 12.8 Å². The Bertz CT molecular complexity index is 1440. The third-order valence-electron chi connectivity index (χ3n) is 5.69. The predicted molar refractivity (Wildman–Crippen MR) is 115 cm³/mol. The van der Waals surface area contributed by atoms with Gasteiger partial charge in [-0.3, -0.25) is 4.98 Å². The van der Waals surface area contributed by atoms with Gasteiger partial charge in [0.2, 0.25) is 10.0 Å². The van der Waals surface area contributed by atoms with Crippen LogP contribution in [0.5, 0.6) is 5.75 Å². The molecule has 0 unspecified atom stereocenters. The van der Waals surface area contributed by atoms with Crippen molar-refractivity contribution in [2.45, 2.75) is 50.0 Å². The second-order valence-electron chi connectivity index (χ2n) is 8.33. The van der Waals surface area contributed by atoms with E-state index in [1.165, 1.54) is 10.8 Å². The van der Waals surface area contributed by atoms with Gasteiger partial charge in [0, 0.05) is 24.2 Å². The molecule has 0 aliphatic heterocycles. The van der Waals surface area contributed by atoms with Crippen molar-refractivity contribution >= 4 is 20.9 Å². The zero-order valence-corrected chi connectivity index (χ0v) is 19.3. The van der Waals surface area contributed by atoms with E-state index >= 15 is 0 Å². The average Bonchev–Trinajstić information content (AvgIpc) is 3.55. The lowest BCUT2D eigenvalue weighted by Gasteiger charge is -2.17. The van der Waals surface area contributed by atoms with Crippen molar-refractivity contribution in [2.75, 3.05) is 0 Å². The smallest absolute Gasteiger partial charge is 0.404 e. The maximum absolute atomic E-state index is 14.4. The fourth-order valence-corrected chi connectivity index (χ4v) is 4.88. The molecule has 14 heteroatoms. The summed E-state index contributed by atoms with van der Waals surface area (Å²) in [4.78, 5) is 3.52. The number of nitrogens with zero attached hydrogens (tertiary/aromatic N) is 3. The van der Waals surface area contributed by atoms with Crippen LogP contribution < -0.4 is 9.46 Å². The zero-order valence-electron chi connectivity index (χ0n) is 18.5. The molecular formula is C22H18F6N4O3S. The summed E-state index contributed by atoms with van der Waals surface area (Å²) in [6, 6.07) is 3.81. The van der Waals surface area contributed by atoms with Crippen LogP contribution in [0.1, 0.15) is 25.3 Å². The first-order chi connectivity index (χ1) is 16.8. The Balaban J connectivity index is 1.81. The van der Waals surface area contributed by atoms with Crippen molar-refractivity contribution in [3.05, 3.63) is 41.8 Å². The van der Waals surface area contributed by atoms with E-state index in [1.807, 2.05) is 6.07 Å². The van der Waals surface area contributed by atoms with E-state index < -0.39 is 45.3 Å². The zero-order chi connectivity index (χ0) is 26.4. The van der Waals surface area contributed by atoms with Gasteiger partial charge >= 0.3 is 12.8 Å². The summed E-state index contributed by atoms with van der Waals surface area (Å²) in [5.41, 5.74) is 0.487. The Morgan fingerprint density at radius 1 is 1.28 bits per heavy atom. The van der Waals surface area contributed by atoms with Crippen molar-refractivity contribution < 1.29 is 39.5 Å². The highest BCUT2D eigenvalue weighted by atomic mass is 32.2. The minimum atomic E-state index is -4.80. The summed E-state index contributed by atoms with van der Waals surface area (Å²) in [5, 5.41) is 9.95. The summed E-state index contributed by atoms with van der Waals surface area (Å²) in [5.74, 6) is -1.60. The molecule has 192 valence electrons. The molecule has 1 aromatic carbocycles. The normalized spacial score (nSPS) is 15.3. The highest BCUT2D eigenvalue weighted by Gasteiger charge is 2.39. The fourth-order valence-electron chi connectivity index (χ4n) is 3.71. The van der Waals surface area contributed by atoms with E-state index in [0.29, 0.717) is 13.5 Å². The van der Waals surface area contributed by atoms with Gasteiger partial charge in [-0.2, -0.15) is 31.9 Å². The Hall–Kier alpha value is -3.31. The topological polar surface area (TPSA) is 97.0 Å². The van der Waals surface area contributed by atoms with Crippen LogP contribution in [0, 0.1) is 23.1 Å². The van der Waals surface area contributed by atoms with Crippen LogP contribution in [-0.2, 0) is 16.6 Å². The summed E-state index contributed by atoms with van der Waals surface area (Å²) in [6.07, 6.45) is -2.21. The second-order valence-corrected chi connectivity index (χ2v) is 10.0. The van der Waals surface area contributed by atoms with Gasteiger partial charge in [-0.1, -0.05) is 0 Å². The molecule has 0 radical (unpaired) electrons. The van der Waals surface area contributed by atoms with E-state index in [0.717, 1.165) is 37.2 Å². The van der Waals surface area contributed by atoms with Gasteiger partial charge in [0.15, 0.2) is 11.6 Å². The third kappa shape index (κ3) is 5.12. The number of sulfonamides is 1. The number of rotatable bonds is 8. The van der Waals surface area contributed by atoms with Gasteiger partial charge in [0.1, 0.15) is 17.0 Å². The number of halogens is 6. The Labute approximate surface area is 201 Å². The largest absolute Gasteiger partial charge is 0.432 e. The lowest BCUT2D eigenvalue weighted by molar-refractivity contribution is -0.147. The summed E-state index contributed by atoms with van der Waals surface area (Å²) in [6.45, 7) is -2.27. The molecule has 0 amide bonds. The number of pyridine rings is 1. The molecule has 1 aliphatic carbocycles. The Morgan fingerprint density at radius 2 is 1.97 bits per heavy atom. The van der Waals surface area contributed by atoms with Crippen molar-refractivity contribution in [3.8, 4) is 23.2 Å². The van der Waals surface area contributed by atoms with E-state index in [9.17, 15) is 40.0 Å². The molecule has 4 rings (SSSR count). The first kappa shape index (κ1) is 25.8. The summed E-state index contributed by atoms with van der Waals surface area (Å²) in [7, 11) is -4.57. The van der Waals surface area contributed by atoms with Gasteiger partial charge in [0.05, 0.1) is 22.5 Å². The quantitative estimate of drug-likeness (QED) is 0.414. The maximum atomic E-state index is 14.4. The second kappa shape index (κ2) is 9.29. The van der Waals surface area contributed by atoms with Gasteiger partial charge in [-0.05, 0) is 43.9 Å². The van der Waals surface area contributed by atoms with Crippen LogP contribution >= 0.6 is 0 Å². The standard InChI is InChI=1S/C22H18F6N4O3S/c1-11(22(26,27)28)31-36(33,34)13-4-5-17(30-9-13)20-15(8-29)14-6-16(23)19(35-21(24)25)7-18(14)32(20)10-12-2-3-12/h4-7,9,11-12,21,31H,2-3,10H2,1H3/t11-/m0/s1. The average molecular weight is 532 g/mol. The lowest BCUT2D eigenvalue weighted by atomic mass is 10.1. The number of aromatic nitrogens is 2. The molecular weight excluding hydrogens is 514 g/mol. The van der Waals surface area contributed by atoms with Crippen LogP contribution in [-0.4, -0.2) is 36.8 Å². The predicted octanol–water partition coefficient (Wildman–Crippen LogP) is 4.95. The molecule has 1 N–H and O–H groups in total. The number of hydrogen-bond acceptors (Lipinski definition) is 5. The lowest BCUT2D eigenvalue weighted by Crippen LogP contribution is -2.42. The number of alkyl halides is 5. The number of ether oxygens (including phenoxy) is 1. The molecule has 2 aromatic heterocycles. The van der Waals surface area contributed by atoms with Crippen LogP contribution in [0.25, 0.3) is 22.3 Å². The van der Waals surface area contributed by atoms with Crippen molar-refractivity contribution in [3.63, 3.8) is 0 Å². The highest BCUT2D eigenvalue weighted by Crippen LogP contribution is 2.40. The molecule has 2 heterocycles. The van der Waals surface area contributed by atoms with Crippen LogP contribution in [0.2, 0.25) is 0 Å². The Kier molecular flexibility index (Phi) is 6.65. The van der Waals surface area contributed by atoms with Gasteiger partial charge in [-0.15, -0.1) is 0 Å². The number of nitriles is 1. The molecule has 1 aliphatic rings. The summed E-state index contributed by atoms with van der Waals surface area (Å²) >= 11 is 0. The van der Waals surface area contributed by atoms with Gasteiger partial charge < -0.3 is 9.30 Å². The van der Waals surface area contributed by atoms with Crippen LogP contribution in [0.15, 0.2) is 35.4 Å². The van der Waals surface area contributed by atoms with E-state index in [-0.39, 0.29) is 33.8 Å². The van der Waals surface area contributed by atoms with Crippen LogP contribution in [0.3, 0.4) is 0 Å². The molecule has 0 spiro atoms. The van der Waals surface area contributed by atoms with E-state index in [2.05, 4.69) is 9.72 Å². The molecule has 1 fully saturated rings. The van der Waals surface area contributed by atoms with Crippen molar-refractivity contribution in [1.82, 2.24) is 14.3 Å². The van der Waals surface area contributed by atoms with Crippen LogP contribution in [0.4, 0.5) is 26.3 Å². The number of nitrogens with one attached hydrogen (secondary N) is 1. The van der Waals surface area contributed by atoms with E-state index in [1.54, 1.807) is 4.57 Å². The molecule has 1 saturated carbocycles. The summed E-state index contributed by atoms with van der Waals surface area (Å²) < 4.78 is 110. The SMILES string of the molecule is C[C@H](NS(=O)(=O)c1ccc(-c2c(C#N)c3cc(F)c(OC(F)F)cc3n2CC2CC2)nc1)C(F)(F)F. The molecule has 3 aromatic rings. The molecule has 0 bridgehead atoms. The molecule has 36 heavy (non-hydrogen) atoms. The molecule has 1 atom stereocenters.